The molecule has 14 heavy (non-hydrogen) atoms. The van der Waals surface area contributed by atoms with Gasteiger partial charge in [-0.1, -0.05) is 6.92 Å². The molecule has 82 valence electrons. The molecule has 4 nitrogen and oxygen atoms in total. The van der Waals surface area contributed by atoms with Crippen LogP contribution in [-0.4, -0.2) is 43.8 Å². The summed E-state index contributed by atoms with van der Waals surface area (Å²) in [6.45, 7) is 4.24. The van der Waals surface area contributed by atoms with Gasteiger partial charge >= 0.3 is 0 Å². The number of nitrogens with zero attached hydrogens (tertiary/aromatic N) is 1. The van der Waals surface area contributed by atoms with Crippen LogP contribution >= 0.6 is 0 Å². The van der Waals surface area contributed by atoms with Crippen LogP contribution in [0.5, 0.6) is 0 Å². The molecule has 1 unspecified atom stereocenters. The number of nitrogens with one attached hydrogen (secondary N) is 1. The number of ether oxygens (including phenoxy) is 1. The zero-order chi connectivity index (χ0) is 10.4. The van der Waals surface area contributed by atoms with E-state index in [9.17, 15) is 4.79 Å². The highest BCUT2D eigenvalue weighted by atomic mass is 16.5. The van der Waals surface area contributed by atoms with Crippen molar-refractivity contribution in [3.8, 4) is 0 Å². The Morgan fingerprint density at radius 3 is 3.00 bits per heavy atom. The molecule has 0 aromatic heterocycles. The first kappa shape index (κ1) is 11.5. The SMILES string of the molecule is CCC1NCC(=O)N1CCCCOC. The van der Waals surface area contributed by atoms with Gasteiger partial charge in [0.05, 0.1) is 12.7 Å². The number of carbonyl (C=O) groups is 1. The topological polar surface area (TPSA) is 41.6 Å². The zero-order valence-electron chi connectivity index (χ0n) is 9.08. The molecule has 0 saturated carbocycles. The van der Waals surface area contributed by atoms with Crippen molar-refractivity contribution in [1.82, 2.24) is 10.2 Å². The van der Waals surface area contributed by atoms with E-state index >= 15 is 0 Å². The van der Waals surface area contributed by atoms with E-state index in [1.807, 2.05) is 4.90 Å². The Morgan fingerprint density at radius 1 is 1.57 bits per heavy atom. The Hall–Kier alpha value is -0.610. The molecule has 1 heterocycles. The lowest BCUT2D eigenvalue weighted by Crippen LogP contribution is -2.37. The number of hydrogen-bond acceptors (Lipinski definition) is 3. The molecule has 0 radical (unpaired) electrons. The van der Waals surface area contributed by atoms with E-state index < -0.39 is 0 Å². The molecule has 1 aliphatic rings. The molecule has 0 aromatic rings. The van der Waals surface area contributed by atoms with Crippen molar-refractivity contribution in [2.24, 2.45) is 0 Å². The molecular formula is C10H20N2O2. The third kappa shape index (κ3) is 2.96. The second kappa shape index (κ2) is 5.98. The Kier molecular flexibility index (Phi) is 4.90. The second-order valence-electron chi connectivity index (χ2n) is 3.59. The third-order valence-electron chi connectivity index (χ3n) is 2.57. The average Bonchev–Trinajstić information content (AvgIpc) is 2.55. The minimum absolute atomic E-state index is 0.231. The van der Waals surface area contributed by atoms with Crippen molar-refractivity contribution in [2.75, 3.05) is 26.8 Å². The van der Waals surface area contributed by atoms with Gasteiger partial charge < -0.3 is 9.64 Å². The largest absolute Gasteiger partial charge is 0.385 e. The van der Waals surface area contributed by atoms with Crippen LogP contribution in [-0.2, 0) is 9.53 Å². The number of hydrogen-bond donors (Lipinski definition) is 1. The molecule has 1 atom stereocenters. The first-order chi connectivity index (χ1) is 6.79. The standard InChI is InChI=1S/C10H20N2O2/c1-3-9-11-8-10(13)12(9)6-4-5-7-14-2/h9,11H,3-8H2,1-2H3. The van der Waals surface area contributed by atoms with Gasteiger partial charge in [0, 0.05) is 20.3 Å². The van der Waals surface area contributed by atoms with Crippen LogP contribution in [0.3, 0.4) is 0 Å². The van der Waals surface area contributed by atoms with Crippen molar-refractivity contribution >= 4 is 5.91 Å². The summed E-state index contributed by atoms with van der Waals surface area (Å²) in [5, 5.41) is 3.19. The lowest BCUT2D eigenvalue weighted by atomic mass is 10.2. The highest BCUT2D eigenvalue weighted by molar-refractivity contribution is 5.80. The number of amides is 1. The summed E-state index contributed by atoms with van der Waals surface area (Å²) in [7, 11) is 1.71. The van der Waals surface area contributed by atoms with E-state index in [4.69, 9.17) is 4.74 Å². The van der Waals surface area contributed by atoms with Crippen LogP contribution in [0.2, 0.25) is 0 Å². The van der Waals surface area contributed by atoms with E-state index in [2.05, 4.69) is 12.2 Å². The van der Waals surface area contributed by atoms with Gasteiger partial charge in [0.2, 0.25) is 5.91 Å². The van der Waals surface area contributed by atoms with Gasteiger partial charge in [-0.15, -0.1) is 0 Å². The summed E-state index contributed by atoms with van der Waals surface area (Å²) in [5.41, 5.74) is 0. The van der Waals surface area contributed by atoms with Crippen molar-refractivity contribution in [2.45, 2.75) is 32.4 Å². The fourth-order valence-electron chi connectivity index (χ4n) is 1.76. The Balaban J connectivity index is 2.23. The van der Waals surface area contributed by atoms with Gasteiger partial charge in [-0.3, -0.25) is 10.1 Å². The summed E-state index contributed by atoms with van der Waals surface area (Å²) >= 11 is 0. The molecule has 4 heteroatoms. The number of carbonyl (C=O) groups excluding carboxylic acids is 1. The van der Waals surface area contributed by atoms with Crippen LogP contribution in [0.15, 0.2) is 0 Å². The molecule has 0 aromatic carbocycles. The molecule has 1 fully saturated rings. The molecule has 1 N–H and O–H groups in total. The van der Waals surface area contributed by atoms with Gasteiger partial charge in [-0.25, -0.2) is 0 Å². The number of methoxy groups -OCH3 is 1. The van der Waals surface area contributed by atoms with Crippen LogP contribution in [0.1, 0.15) is 26.2 Å². The van der Waals surface area contributed by atoms with E-state index in [0.717, 1.165) is 32.4 Å². The van der Waals surface area contributed by atoms with E-state index in [1.165, 1.54) is 0 Å². The predicted octanol–water partition coefficient (Wildman–Crippen LogP) is 0.581. The molecule has 1 amide bonds. The lowest BCUT2D eigenvalue weighted by Gasteiger charge is -2.22. The maximum Gasteiger partial charge on any atom is 0.237 e. The summed E-state index contributed by atoms with van der Waals surface area (Å²) in [6.07, 6.45) is 3.29. The Labute approximate surface area is 85.6 Å². The summed E-state index contributed by atoms with van der Waals surface area (Å²) in [5.74, 6) is 0.231. The van der Waals surface area contributed by atoms with Gasteiger partial charge in [0.25, 0.3) is 0 Å². The monoisotopic (exact) mass is 200 g/mol. The number of rotatable bonds is 6. The predicted molar refractivity (Wildman–Crippen MR) is 54.9 cm³/mol. The van der Waals surface area contributed by atoms with Crippen molar-refractivity contribution in [3.05, 3.63) is 0 Å². The van der Waals surface area contributed by atoms with E-state index in [1.54, 1.807) is 7.11 Å². The summed E-state index contributed by atoms with van der Waals surface area (Å²) in [6, 6.07) is 0. The van der Waals surface area contributed by atoms with E-state index in [0.29, 0.717) is 6.54 Å². The zero-order valence-corrected chi connectivity index (χ0v) is 9.08. The highest BCUT2D eigenvalue weighted by Gasteiger charge is 2.27. The first-order valence-corrected chi connectivity index (χ1v) is 5.31. The lowest BCUT2D eigenvalue weighted by molar-refractivity contribution is -0.128. The summed E-state index contributed by atoms with van der Waals surface area (Å²) in [4.78, 5) is 13.4. The quantitative estimate of drug-likeness (QED) is 0.638. The number of unbranched alkanes of at least 4 members (excludes halogenated alkanes) is 1. The molecule has 0 spiro atoms. The van der Waals surface area contributed by atoms with E-state index in [-0.39, 0.29) is 12.1 Å². The van der Waals surface area contributed by atoms with Crippen molar-refractivity contribution in [1.29, 1.82) is 0 Å². The molecule has 0 bridgehead atoms. The third-order valence-corrected chi connectivity index (χ3v) is 2.57. The maximum absolute atomic E-state index is 11.4. The molecular weight excluding hydrogens is 180 g/mol. The van der Waals surface area contributed by atoms with Gasteiger partial charge in [-0.2, -0.15) is 0 Å². The normalized spacial score (nSPS) is 22.0. The van der Waals surface area contributed by atoms with Crippen LogP contribution in [0, 0.1) is 0 Å². The Bertz CT molecular complexity index is 185. The van der Waals surface area contributed by atoms with Crippen molar-refractivity contribution in [3.63, 3.8) is 0 Å². The van der Waals surface area contributed by atoms with Gasteiger partial charge in [-0.05, 0) is 19.3 Å². The van der Waals surface area contributed by atoms with Crippen LogP contribution < -0.4 is 5.32 Å². The molecule has 0 aliphatic carbocycles. The second-order valence-corrected chi connectivity index (χ2v) is 3.59. The molecule has 1 aliphatic heterocycles. The molecule has 1 rings (SSSR count). The fraction of sp³-hybridized carbons (Fsp3) is 0.900. The van der Waals surface area contributed by atoms with Gasteiger partial charge in [0.1, 0.15) is 0 Å². The first-order valence-electron chi connectivity index (χ1n) is 5.31. The van der Waals surface area contributed by atoms with Crippen molar-refractivity contribution < 1.29 is 9.53 Å². The highest BCUT2D eigenvalue weighted by Crippen LogP contribution is 2.09. The van der Waals surface area contributed by atoms with Crippen LogP contribution in [0.4, 0.5) is 0 Å². The smallest absolute Gasteiger partial charge is 0.237 e. The molecule has 1 saturated heterocycles. The maximum atomic E-state index is 11.4. The minimum atomic E-state index is 0.231. The fourth-order valence-corrected chi connectivity index (χ4v) is 1.76. The van der Waals surface area contributed by atoms with Gasteiger partial charge in [0.15, 0.2) is 0 Å². The average molecular weight is 200 g/mol. The Morgan fingerprint density at radius 2 is 2.36 bits per heavy atom. The van der Waals surface area contributed by atoms with Crippen LogP contribution in [0.25, 0.3) is 0 Å². The summed E-state index contributed by atoms with van der Waals surface area (Å²) < 4.78 is 4.97. The minimum Gasteiger partial charge on any atom is -0.385 e.